The van der Waals surface area contributed by atoms with E-state index in [0.717, 1.165) is 0 Å². The summed E-state index contributed by atoms with van der Waals surface area (Å²) < 4.78 is 14.5. The summed E-state index contributed by atoms with van der Waals surface area (Å²) in [6.07, 6.45) is 0. The average molecular weight is 222 g/mol. The first-order valence-corrected chi connectivity index (χ1v) is 4.91. The molecule has 0 bridgehead atoms. The molecule has 4 nitrogen and oxygen atoms in total. The molecule has 0 amide bonds. The van der Waals surface area contributed by atoms with Gasteiger partial charge in [0, 0.05) is 11.4 Å². The van der Waals surface area contributed by atoms with Crippen molar-refractivity contribution in [3.63, 3.8) is 0 Å². The van der Waals surface area contributed by atoms with Crippen LogP contribution in [0, 0.1) is 5.82 Å². The number of aromatic carboxylic acids is 1. The van der Waals surface area contributed by atoms with Crippen molar-refractivity contribution in [1.82, 2.24) is 9.78 Å². The number of fused-ring (bicyclic) bond motifs is 1. The highest BCUT2D eigenvalue weighted by Crippen LogP contribution is 2.22. The van der Waals surface area contributed by atoms with Gasteiger partial charge in [0.25, 0.3) is 0 Å². The maximum absolute atomic E-state index is 13.1. The van der Waals surface area contributed by atoms with Gasteiger partial charge >= 0.3 is 5.97 Å². The van der Waals surface area contributed by atoms with Crippen molar-refractivity contribution >= 4 is 16.9 Å². The van der Waals surface area contributed by atoms with Gasteiger partial charge in [-0.15, -0.1) is 0 Å². The molecule has 1 N–H and O–H groups in total. The number of hydrogen-bond donors (Lipinski definition) is 1. The molecule has 0 spiro atoms. The molecule has 2 rings (SSSR count). The Kier molecular flexibility index (Phi) is 2.38. The average Bonchev–Trinajstić information content (AvgIpc) is 2.55. The number of carboxylic acids is 1. The molecule has 0 aliphatic heterocycles. The summed E-state index contributed by atoms with van der Waals surface area (Å²) in [5.74, 6) is -1.56. The summed E-state index contributed by atoms with van der Waals surface area (Å²) in [5.41, 5.74) is 0.525. The van der Waals surface area contributed by atoms with E-state index in [9.17, 15) is 9.18 Å². The van der Waals surface area contributed by atoms with Crippen LogP contribution >= 0.6 is 0 Å². The Hall–Kier alpha value is -1.91. The van der Waals surface area contributed by atoms with E-state index in [4.69, 9.17) is 5.11 Å². The van der Waals surface area contributed by atoms with E-state index in [2.05, 4.69) is 5.10 Å². The van der Waals surface area contributed by atoms with Gasteiger partial charge in [0.15, 0.2) is 5.69 Å². The predicted octanol–water partition coefficient (Wildman–Crippen LogP) is 2.45. The quantitative estimate of drug-likeness (QED) is 0.849. The van der Waals surface area contributed by atoms with Gasteiger partial charge in [-0.3, -0.25) is 4.68 Å². The van der Waals surface area contributed by atoms with Gasteiger partial charge in [0.05, 0.1) is 5.52 Å². The third kappa shape index (κ3) is 1.54. The number of hydrogen-bond acceptors (Lipinski definition) is 2. The summed E-state index contributed by atoms with van der Waals surface area (Å²) in [4.78, 5) is 11.1. The lowest BCUT2D eigenvalue weighted by Gasteiger charge is -2.07. The van der Waals surface area contributed by atoms with Crippen molar-refractivity contribution in [1.29, 1.82) is 0 Å². The van der Waals surface area contributed by atoms with Gasteiger partial charge in [-0.1, -0.05) is 0 Å². The van der Waals surface area contributed by atoms with Crippen molar-refractivity contribution in [3.05, 3.63) is 29.7 Å². The number of carboxylic acid groups (broad SMARTS) is 1. The maximum Gasteiger partial charge on any atom is 0.354 e. The maximum atomic E-state index is 13.1. The van der Waals surface area contributed by atoms with Crippen LogP contribution < -0.4 is 0 Å². The lowest BCUT2D eigenvalue weighted by Crippen LogP contribution is -2.12. The topological polar surface area (TPSA) is 55.1 Å². The molecule has 0 atom stereocenters. The second kappa shape index (κ2) is 3.59. The number of benzene rings is 1. The van der Waals surface area contributed by atoms with Gasteiger partial charge < -0.3 is 5.11 Å². The molecule has 1 aromatic heterocycles. The van der Waals surface area contributed by atoms with Crippen molar-refractivity contribution in [2.45, 2.75) is 19.9 Å². The number of rotatable bonds is 2. The molecular formula is C11H11FN2O2. The molecule has 2 aromatic rings. The Bertz CT molecular complexity index is 560. The van der Waals surface area contributed by atoms with Crippen LogP contribution in [-0.2, 0) is 0 Å². The Morgan fingerprint density at radius 3 is 2.75 bits per heavy atom. The monoisotopic (exact) mass is 222 g/mol. The molecule has 16 heavy (non-hydrogen) atoms. The van der Waals surface area contributed by atoms with Crippen LogP contribution in [-0.4, -0.2) is 20.9 Å². The zero-order valence-corrected chi connectivity index (χ0v) is 8.94. The second-order valence-electron chi connectivity index (χ2n) is 3.85. The van der Waals surface area contributed by atoms with Gasteiger partial charge in [-0.05, 0) is 32.0 Å². The zero-order valence-electron chi connectivity index (χ0n) is 8.94. The summed E-state index contributed by atoms with van der Waals surface area (Å²) in [6, 6.07) is 3.87. The highest BCUT2D eigenvalue weighted by atomic mass is 19.1. The van der Waals surface area contributed by atoms with Crippen molar-refractivity contribution in [2.75, 3.05) is 0 Å². The number of halogens is 1. The first-order valence-electron chi connectivity index (χ1n) is 4.91. The van der Waals surface area contributed by atoms with E-state index in [1.54, 1.807) is 0 Å². The van der Waals surface area contributed by atoms with E-state index < -0.39 is 11.8 Å². The fourth-order valence-corrected chi connectivity index (χ4v) is 1.66. The number of nitrogens with zero attached hydrogens (tertiary/aromatic N) is 2. The SMILES string of the molecule is CC(C)n1nc2ccc(F)cc2c1C(=O)O. The largest absolute Gasteiger partial charge is 0.477 e. The first-order chi connectivity index (χ1) is 7.50. The van der Waals surface area contributed by atoms with E-state index in [1.807, 2.05) is 13.8 Å². The predicted molar refractivity (Wildman–Crippen MR) is 57.0 cm³/mol. The van der Waals surface area contributed by atoms with Gasteiger partial charge in [-0.25, -0.2) is 9.18 Å². The molecule has 0 radical (unpaired) electrons. The Morgan fingerprint density at radius 1 is 1.50 bits per heavy atom. The lowest BCUT2D eigenvalue weighted by molar-refractivity contribution is 0.0683. The van der Waals surface area contributed by atoms with Crippen LogP contribution in [0.5, 0.6) is 0 Å². The van der Waals surface area contributed by atoms with E-state index in [0.29, 0.717) is 10.9 Å². The van der Waals surface area contributed by atoms with Crippen molar-refractivity contribution in [3.8, 4) is 0 Å². The first kappa shape index (κ1) is 10.6. The summed E-state index contributed by atoms with van der Waals surface area (Å²) in [7, 11) is 0. The smallest absolute Gasteiger partial charge is 0.354 e. The highest BCUT2D eigenvalue weighted by Gasteiger charge is 2.19. The number of aromatic nitrogens is 2. The molecule has 0 unspecified atom stereocenters. The highest BCUT2D eigenvalue weighted by molar-refractivity contribution is 6.01. The fraction of sp³-hybridized carbons (Fsp3) is 0.273. The Labute approximate surface area is 91.3 Å². The zero-order chi connectivity index (χ0) is 11.9. The minimum absolute atomic E-state index is 0.0319. The van der Waals surface area contributed by atoms with Crippen LogP contribution in [0.2, 0.25) is 0 Å². The molecule has 0 fully saturated rings. The van der Waals surface area contributed by atoms with Crippen molar-refractivity contribution in [2.24, 2.45) is 0 Å². The standard InChI is InChI=1S/C11H11FN2O2/c1-6(2)14-10(11(15)16)8-5-7(12)3-4-9(8)13-14/h3-6H,1-2H3,(H,15,16). The third-order valence-electron chi connectivity index (χ3n) is 2.35. The molecule has 84 valence electrons. The van der Waals surface area contributed by atoms with E-state index >= 15 is 0 Å². The van der Waals surface area contributed by atoms with Gasteiger partial charge in [0.2, 0.25) is 0 Å². The molecule has 0 saturated heterocycles. The minimum atomic E-state index is -1.10. The van der Waals surface area contributed by atoms with E-state index in [-0.39, 0.29) is 11.7 Å². The van der Waals surface area contributed by atoms with Gasteiger partial charge in [0.1, 0.15) is 5.82 Å². The number of carbonyl (C=O) groups is 1. The molecular weight excluding hydrogens is 211 g/mol. The second-order valence-corrected chi connectivity index (χ2v) is 3.85. The molecule has 0 aliphatic carbocycles. The van der Waals surface area contributed by atoms with Crippen LogP contribution in [0.3, 0.4) is 0 Å². The minimum Gasteiger partial charge on any atom is -0.477 e. The van der Waals surface area contributed by atoms with Crippen LogP contribution in [0.1, 0.15) is 30.4 Å². The summed E-state index contributed by atoms with van der Waals surface area (Å²) >= 11 is 0. The molecule has 0 aliphatic rings. The summed E-state index contributed by atoms with van der Waals surface area (Å²) in [6.45, 7) is 3.66. The molecule has 0 saturated carbocycles. The Morgan fingerprint density at radius 2 is 2.19 bits per heavy atom. The van der Waals surface area contributed by atoms with Gasteiger partial charge in [-0.2, -0.15) is 5.10 Å². The molecule has 1 aromatic carbocycles. The normalized spacial score (nSPS) is 11.2. The van der Waals surface area contributed by atoms with Crippen LogP contribution in [0.25, 0.3) is 10.9 Å². The van der Waals surface area contributed by atoms with Crippen LogP contribution in [0.4, 0.5) is 4.39 Å². The van der Waals surface area contributed by atoms with Crippen LogP contribution in [0.15, 0.2) is 18.2 Å². The molecule has 1 heterocycles. The van der Waals surface area contributed by atoms with Crippen molar-refractivity contribution < 1.29 is 14.3 Å². The molecule has 5 heteroatoms. The fourth-order valence-electron chi connectivity index (χ4n) is 1.66. The van der Waals surface area contributed by atoms with E-state index in [1.165, 1.54) is 22.9 Å². The Balaban J connectivity index is 2.82. The summed E-state index contributed by atoms with van der Waals surface area (Å²) in [5, 5.41) is 13.6. The lowest BCUT2D eigenvalue weighted by atomic mass is 10.2. The third-order valence-corrected chi connectivity index (χ3v) is 2.35.